The molecule has 0 aliphatic rings. The fourth-order valence-corrected chi connectivity index (χ4v) is 2.64. The first kappa shape index (κ1) is 14.6. The van der Waals surface area contributed by atoms with Crippen LogP contribution in [0.2, 0.25) is 0 Å². The summed E-state index contributed by atoms with van der Waals surface area (Å²) in [5.41, 5.74) is 0.721. The molecule has 0 aliphatic heterocycles. The average Bonchev–Trinajstić information content (AvgIpc) is 2.52. The van der Waals surface area contributed by atoms with Gasteiger partial charge in [-0.1, -0.05) is 18.2 Å². The molecule has 0 radical (unpaired) electrons. The SMILES string of the molecule is O=C(NCCCCSc1ccncc1)c1ccccc1. The number of hydrogen-bond acceptors (Lipinski definition) is 3. The van der Waals surface area contributed by atoms with Gasteiger partial charge in [0.05, 0.1) is 0 Å². The van der Waals surface area contributed by atoms with Gasteiger partial charge >= 0.3 is 0 Å². The van der Waals surface area contributed by atoms with Crippen molar-refractivity contribution in [3.63, 3.8) is 0 Å². The standard InChI is InChI=1S/C16H18N2OS/c19-16(14-6-2-1-3-7-14)18-10-4-5-13-20-15-8-11-17-12-9-15/h1-3,6-9,11-12H,4-5,10,13H2,(H,18,19). The number of benzene rings is 1. The maximum Gasteiger partial charge on any atom is 0.251 e. The number of thioether (sulfide) groups is 1. The molecule has 2 aromatic rings. The normalized spacial score (nSPS) is 10.2. The molecule has 0 bridgehead atoms. The second-order valence-electron chi connectivity index (χ2n) is 4.36. The summed E-state index contributed by atoms with van der Waals surface area (Å²) < 4.78 is 0. The number of amides is 1. The molecule has 2 rings (SSSR count). The molecule has 104 valence electrons. The highest BCUT2D eigenvalue weighted by Gasteiger charge is 2.02. The number of nitrogens with zero attached hydrogens (tertiary/aromatic N) is 1. The third-order valence-corrected chi connectivity index (χ3v) is 3.91. The van der Waals surface area contributed by atoms with Crippen molar-refractivity contribution >= 4 is 17.7 Å². The van der Waals surface area contributed by atoms with Crippen molar-refractivity contribution in [2.75, 3.05) is 12.3 Å². The lowest BCUT2D eigenvalue weighted by Crippen LogP contribution is -2.24. The van der Waals surface area contributed by atoms with E-state index in [1.54, 1.807) is 0 Å². The van der Waals surface area contributed by atoms with Crippen LogP contribution in [0.4, 0.5) is 0 Å². The predicted molar refractivity (Wildman–Crippen MR) is 83.0 cm³/mol. The first-order chi connectivity index (χ1) is 9.86. The van der Waals surface area contributed by atoms with Gasteiger partial charge in [-0.15, -0.1) is 11.8 Å². The van der Waals surface area contributed by atoms with Crippen LogP contribution in [0.15, 0.2) is 59.8 Å². The highest BCUT2D eigenvalue weighted by atomic mass is 32.2. The Kier molecular flexibility index (Phi) is 6.11. The molecule has 0 fully saturated rings. The fourth-order valence-electron chi connectivity index (χ4n) is 1.75. The Labute approximate surface area is 123 Å². The molecular formula is C16H18N2OS. The second-order valence-corrected chi connectivity index (χ2v) is 5.53. The molecule has 20 heavy (non-hydrogen) atoms. The van der Waals surface area contributed by atoms with Crippen molar-refractivity contribution in [3.8, 4) is 0 Å². The third-order valence-electron chi connectivity index (χ3n) is 2.81. The van der Waals surface area contributed by atoms with Gasteiger partial charge in [-0.05, 0) is 42.9 Å². The summed E-state index contributed by atoms with van der Waals surface area (Å²) >= 11 is 1.82. The van der Waals surface area contributed by atoms with Gasteiger partial charge < -0.3 is 5.32 Å². The van der Waals surface area contributed by atoms with Crippen LogP contribution in [0, 0.1) is 0 Å². The van der Waals surface area contributed by atoms with Crippen LogP contribution in [0.5, 0.6) is 0 Å². The van der Waals surface area contributed by atoms with E-state index in [1.807, 2.05) is 66.6 Å². The summed E-state index contributed by atoms with van der Waals surface area (Å²) in [6.07, 6.45) is 5.70. The topological polar surface area (TPSA) is 42.0 Å². The summed E-state index contributed by atoms with van der Waals surface area (Å²) in [6.45, 7) is 0.727. The van der Waals surface area contributed by atoms with E-state index in [4.69, 9.17) is 0 Å². The Bertz CT molecular complexity index is 517. The lowest BCUT2D eigenvalue weighted by molar-refractivity contribution is 0.0953. The Morgan fingerprint density at radius 2 is 1.80 bits per heavy atom. The van der Waals surface area contributed by atoms with Crippen molar-refractivity contribution < 1.29 is 4.79 Å². The van der Waals surface area contributed by atoms with Gasteiger partial charge in [0, 0.05) is 29.4 Å². The number of aromatic nitrogens is 1. The number of hydrogen-bond donors (Lipinski definition) is 1. The molecule has 0 spiro atoms. The average molecular weight is 286 g/mol. The molecule has 0 saturated carbocycles. The van der Waals surface area contributed by atoms with Gasteiger partial charge in [0.2, 0.25) is 0 Å². The van der Waals surface area contributed by atoms with E-state index in [2.05, 4.69) is 10.3 Å². The van der Waals surface area contributed by atoms with Crippen LogP contribution in [0.25, 0.3) is 0 Å². The quantitative estimate of drug-likeness (QED) is 0.626. The Hall–Kier alpha value is -1.81. The first-order valence-electron chi connectivity index (χ1n) is 6.72. The molecule has 0 aliphatic carbocycles. The summed E-state index contributed by atoms with van der Waals surface area (Å²) in [4.78, 5) is 17.0. The van der Waals surface area contributed by atoms with E-state index >= 15 is 0 Å². The van der Waals surface area contributed by atoms with Gasteiger partial charge in [0.15, 0.2) is 0 Å². The van der Waals surface area contributed by atoms with Gasteiger partial charge in [-0.2, -0.15) is 0 Å². The lowest BCUT2D eigenvalue weighted by Gasteiger charge is -2.05. The van der Waals surface area contributed by atoms with Crippen LogP contribution in [-0.4, -0.2) is 23.2 Å². The number of nitrogens with one attached hydrogen (secondary N) is 1. The van der Waals surface area contributed by atoms with Crippen molar-refractivity contribution in [3.05, 3.63) is 60.4 Å². The lowest BCUT2D eigenvalue weighted by atomic mass is 10.2. The van der Waals surface area contributed by atoms with Gasteiger partial charge in [-0.3, -0.25) is 9.78 Å². The van der Waals surface area contributed by atoms with E-state index in [0.29, 0.717) is 0 Å². The van der Waals surface area contributed by atoms with E-state index in [1.165, 1.54) is 4.90 Å². The summed E-state index contributed by atoms with van der Waals surface area (Å²) in [5, 5.41) is 2.94. The molecule has 0 atom stereocenters. The summed E-state index contributed by atoms with van der Waals surface area (Å²) in [7, 11) is 0. The van der Waals surface area contributed by atoms with Crippen molar-refractivity contribution in [2.45, 2.75) is 17.7 Å². The minimum atomic E-state index is 0.00684. The van der Waals surface area contributed by atoms with Crippen LogP contribution in [-0.2, 0) is 0 Å². The smallest absolute Gasteiger partial charge is 0.251 e. The Morgan fingerprint density at radius 3 is 2.55 bits per heavy atom. The highest BCUT2D eigenvalue weighted by molar-refractivity contribution is 7.99. The van der Waals surface area contributed by atoms with E-state index < -0.39 is 0 Å². The summed E-state index contributed by atoms with van der Waals surface area (Å²) in [6, 6.07) is 13.3. The molecule has 1 aromatic carbocycles. The zero-order valence-corrected chi connectivity index (χ0v) is 12.1. The van der Waals surface area contributed by atoms with Gasteiger partial charge in [0.25, 0.3) is 5.91 Å². The van der Waals surface area contributed by atoms with Crippen LogP contribution in [0.1, 0.15) is 23.2 Å². The first-order valence-corrected chi connectivity index (χ1v) is 7.71. The maximum absolute atomic E-state index is 11.8. The van der Waals surface area contributed by atoms with Crippen molar-refractivity contribution in [1.29, 1.82) is 0 Å². The Balaban J connectivity index is 1.57. The summed E-state index contributed by atoms with van der Waals surface area (Å²) in [5.74, 6) is 1.07. The molecule has 0 unspecified atom stereocenters. The molecule has 3 nitrogen and oxygen atoms in total. The highest BCUT2D eigenvalue weighted by Crippen LogP contribution is 2.17. The molecule has 1 aromatic heterocycles. The molecule has 1 N–H and O–H groups in total. The zero-order chi connectivity index (χ0) is 14.0. The fraction of sp³-hybridized carbons (Fsp3) is 0.250. The Morgan fingerprint density at radius 1 is 1.05 bits per heavy atom. The number of unbranched alkanes of at least 4 members (excludes halogenated alkanes) is 1. The van der Waals surface area contributed by atoms with Gasteiger partial charge in [-0.25, -0.2) is 0 Å². The zero-order valence-electron chi connectivity index (χ0n) is 11.3. The minimum absolute atomic E-state index is 0.00684. The molecular weight excluding hydrogens is 268 g/mol. The van der Waals surface area contributed by atoms with Crippen molar-refractivity contribution in [2.24, 2.45) is 0 Å². The van der Waals surface area contributed by atoms with Crippen LogP contribution in [0.3, 0.4) is 0 Å². The molecule has 1 amide bonds. The number of carbonyl (C=O) groups is 1. The van der Waals surface area contributed by atoms with Gasteiger partial charge in [0.1, 0.15) is 0 Å². The molecule has 0 saturated heterocycles. The van der Waals surface area contributed by atoms with E-state index in [-0.39, 0.29) is 5.91 Å². The second kappa shape index (κ2) is 8.38. The largest absolute Gasteiger partial charge is 0.352 e. The number of carbonyl (C=O) groups excluding carboxylic acids is 1. The predicted octanol–water partition coefficient (Wildman–Crippen LogP) is 3.38. The molecule has 4 heteroatoms. The number of pyridine rings is 1. The van der Waals surface area contributed by atoms with E-state index in [9.17, 15) is 4.79 Å². The minimum Gasteiger partial charge on any atom is -0.352 e. The van der Waals surface area contributed by atoms with Crippen LogP contribution >= 0.6 is 11.8 Å². The maximum atomic E-state index is 11.8. The van der Waals surface area contributed by atoms with Crippen molar-refractivity contribution in [1.82, 2.24) is 10.3 Å². The molecule has 1 heterocycles. The number of rotatable bonds is 7. The van der Waals surface area contributed by atoms with E-state index in [0.717, 1.165) is 30.7 Å². The monoisotopic (exact) mass is 286 g/mol. The third kappa shape index (κ3) is 5.05. The van der Waals surface area contributed by atoms with Crippen LogP contribution < -0.4 is 5.32 Å².